The van der Waals surface area contributed by atoms with Crippen molar-refractivity contribution < 1.29 is 9.59 Å². The van der Waals surface area contributed by atoms with Crippen molar-refractivity contribution in [3.05, 3.63) is 41.6 Å². The van der Waals surface area contributed by atoms with Gasteiger partial charge in [0.2, 0.25) is 5.91 Å². The molecule has 1 heterocycles. The molecule has 1 aliphatic rings. The Morgan fingerprint density at radius 2 is 2.00 bits per heavy atom. The smallest absolute Gasteiger partial charge is 0.283 e. The summed E-state index contributed by atoms with van der Waals surface area (Å²) < 4.78 is 0. The highest BCUT2D eigenvalue weighted by molar-refractivity contribution is 7.80. The SMILES string of the molecule is CC(=O)N1C(=O)/C(=C\c2ccccc2)NC1=S. The maximum absolute atomic E-state index is 11.8. The van der Waals surface area contributed by atoms with Crippen LogP contribution in [-0.4, -0.2) is 21.8 Å². The molecule has 0 unspecified atom stereocenters. The normalized spacial score (nSPS) is 17.5. The number of hydrogen-bond donors (Lipinski definition) is 1. The minimum atomic E-state index is -0.411. The highest BCUT2D eigenvalue weighted by Crippen LogP contribution is 2.14. The third kappa shape index (κ3) is 2.24. The van der Waals surface area contributed by atoms with Crippen LogP contribution in [-0.2, 0) is 9.59 Å². The van der Waals surface area contributed by atoms with Crippen molar-refractivity contribution >= 4 is 35.2 Å². The molecule has 0 aliphatic carbocycles. The average molecular weight is 246 g/mol. The maximum Gasteiger partial charge on any atom is 0.283 e. The molecule has 0 radical (unpaired) electrons. The molecular weight excluding hydrogens is 236 g/mol. The fraction of sp³-hybridized carbons (Fsp3) is 0.0833. The lowest BCUT2D eigenvalue weighted by Crippen LogP contribution is -2.34. The van der Waals surface area contributed by atoms with E-state index in [0.717, 1.165) is 10.5 Å². The minimum absolute atomic E-state index is 0.129. The Morgan fingerprint density at radius 1 is 1.35 bits per heavy atom. The van der Waals surface area contributed by atoms with Crippen LogP contribution in [0.1, 0.15) is 12.5 Å². The number of amides is 2. The lowest BCUT2D eigenvalue weighted by atomic mass is 10.2. The van der Waals surface area contributed by atoms with Gasteiger partial charge in [0.1, 0.15) is 5.70 Å². The second-order valence-electron chi connectivity index (χ2n) is 3.56. The Hall–Kier alpha value is -2.01. The van der Waals surface area contributed by atoms with Gasteiger partial charge < -0.3 is 5.32 Å². The first kappa shape index (κ1) is 11.5. The molecule has 1 fully saturated rings. The standard InChI is InChI=1S/C12H10N2O2S/c1-8(15)14-11(16)10(13-12(14)17)7-9-5-3-2-4-6-9/h2-7H,1H3,(H,13,17)/b10-7+. The van der Waals surface area contributed by atoms with Crippen LogP contribution in [0.3, 0.4) is 0 Å². The van der Waals surface area contributed by atoms with Crippen molar-refractivity contribution in [3.8, 4) is 0 Å². The highest BCUT2D eigenvalue weighted by atomic mass is 32.1. The fourth-order valence-electron chi connectivity index (χ4n) is 1.54. The summed E-state index contributed by atoms with van der Waals surface area (Å²) in [7, 11) is 0. The van der Waals surface area contributed by atoms with Crippen LogP contribution in [0.4, 0.5) is 0 Å². The number of nitrogens with one attached hydrogen (secondary N) is 1. The van der Waals surface area contributed by atoms with Crippen LogP contribution in [0.2, 0.25) is 0 Å². The van der Waals surface area contributed by atoms with Crippen LogP contribution < -0.4 is 5.32 Å². The number of imide groups is 1. The van der Waals surface area contributed by atoms with Crippen molar-refractivity contribution in [3.63, 3.8) is 0 Å². The van der Waals surface area contributed by atoms with Gasteiger partial charge in [-0.25, -0.2) is 4.90 Å². The van der Waals surface area contributed by atoms with E-state index in [4.69, 9.17) is 12.2 Å². The Kier molecular flexibility index (Phi) is 3.01. The predicted octanol–water partition coefficient (Wildman–Crippen LogP) is 1.29. The van der Waals surface area contributed by atoms with Crippen molar-refractivity contribution in [2.45, 2.75) is 6.92 Å². The van der Waals surface area contributed by atoms with E-state index in [1.165, 1.54) is 6.92 Å². The third-order valence-corrected chi connectivity index (χ3v) is 2.59. The molecule has 0 spiro atoms. The Morgan fingerprint density at radius 3 is 2.53 bits per heavy atom. The molecule has 2 rings (SSSR count). The van der Waals surface area contributed by atoms with E-state index in [1.54, 1.807) is 6.08 Å². The van der Waals surface area contributed by atoms with Gasteiger partial charge >= 0.3 is 0 Å². The van der Waals surface area contributed by atoms with Crippen molar-refractivity contribution in [1.82, 2.24) is 10.2 Å². The van der Waals surface area contributed by atoms with Gasteiger partial charge in [0.25, 0.3) is 5.91 Å². The highest BCUT2D eigenvalue weighted by Gasteiger charge is 2.33. The van der Waals surface area contributed by atoms with E-state index >= 15 is 0 Å². The first-order chi connectivity index (χ1) is 8.09. The Bertz CT molecular complexity index is 523. The van der Waals surface area contributed by atoms with Crippen LogP contribution in [0, 0.1) is 0 Å². The van der Waals surface area contributed by atoms with Gasteiger partial charge in [0.05, 0.1) is 0 Å². The summed E-state index contributed by atoms with van der Waals surface area (Å²) in [4.78, 5) is 24.0. The number of thiocarbonyl (C=S) groups is 1. The van der Waals surface area contributed by atoms with E-state index in [2.05, 4.69) is 5.32 Å². The van der Waals surface area contributed by atoms with Gasteiger partial charge in [0, 0.05) is 6.92 Å². The maximum atomic E-state index is 11.8. The van der Waals surface area contributed by atoms with Gasteiger partial charge in [-0.3, -0.25) is 9.59 Å². The van der Waals surface area contributed by atoms with Crippen LogP contribution in [0.15, 0.2) is 36.0 Å². The van der Waals surface area contributed by atoms with E-state index in [9.17, 15) is 9.59 Å². The molecule has 2 amide bonds. The second kappa shape index (κ2) is 4.47. The van der Waals surface area contributed by atoms with E-state index in [1.807, 2.05) is 30.3 Å². The molecule has 5 heteroatoms. The third-order valence-electron chi connectivity index (χ3n) is 2.30. The predicted molar refractivity (Wildman–Crippen MR) is 67.7 cm³/mol. The molecule has 0 aromatic heterocycles. The quantitative estimate of drug-likeness (QED) is 0.599. The van der Waals surface area contributed by atoms with Gasteiger partial charge in [0.15, 0.2) is 5.11 Å². The number of rotatable bonds is 1. The average Bonchev–Trinajstić information content (AvgIpc) is 2.55. The van der Waals surface area contributed by atoms with Gasteiger partial charge in [-0.2, -0.15) is 0 Å². The van der Waals surface area contributed by atoms with Gasteiger partial charge in [-0.05, 0) is 23.9 Å². The van der Waals surface area contributed by atoms with E-state index < -0.39 is 5.91 Å². The summed E-state index contributed by atoms with van der Waals surface area (Å²) in [5, 5.41) is 2.86. The number of carbonyl (C=O) groups excluding carboxylic acids is 2. The number of benzene rings is 1. The molecule has 1 aromatic carbocycles. The summed E-state index contributed by atoms with van der Waals surface area (Å²) in [5.74, 6) is -0.796. The molecule has 0 saturated carbocycles. The molecule has 0 bridgehead atoms. The monoisotopic (exact) mass is 246 g/mol. The summed E-state index contributed by atoms with van der Waals surface area (Å²) >= 11 is 4.92. The van der Waals surface area contributed by atoms with Gasteiger partial charge in [-0.15, -0.1) is 0 Å². The first-order valence-corrected chi connectivity index (χ1v) is 5.43. The van der Waals surface area contributed by atoms with Crippen LogP contribution in [0.25, 0.3) is 6.08 Å². The lowest BCUT2D eigenvalue weighted by Gasteiger charge is -2.06. The number of hydrogen-bond acceptors (Lipinski definition) is 3. The Labute approximate surface area is 104 Å². The van der Waals surface area contributed by atoms with Crippen LogP contribution in [0.5, 0.6) is 0 Å². The zero-order valence-corrected chi connectivity index (χ0v) is 9.95. The number of carbonyl (C=O) groups is 2. The summed E-state index contributed by atoms with van der Waals surface area (Å²) in [6, 6.07) is 9.35. The summed E-state index contributed by atoms with van der Waals surface area (Å²) in [6.07, 6.45) is 1.66. The van der Waals surface area contributed by atoms with Crippen LogP contribution >= 0.6 is 12.2 Å². The summed E-state index contributed by atoms with van der Waals surface area (Å²) in [5.41, 5.74) is 1.19. The fourth-order valence-corrected chi connectivity index (χ4v) is 1.86. The summed E-state index contributed by atoms with van der Waals surface area (Å²) in [6.45, 7) is 1.30. The number of nitrogens with zero attached hydrogens (tertiary/aromatic N) is 1. The topological polar surface area (TPSA) is 49.4 Å². The van der Waals surface area contributed by atoms with Crippen molar-refractivity contribution in [2.75, 3.05) is 0 Å². The zero-order chi connectivity index (χ0) is 12.4. The molecule has 1 aliphatic heterocycles. The largest absolute Gasteiger partial charge is 0.327 e. The molecule has 86 valence electrons. The van der Waals surface area contributed by atoms with E-state index in [0.29, 0.717) is 5.70 Å². The molecule has 0 atom stereocenters. The van der Waals surface area contributed by atoms with Gasteiger partial charge in [-0.1, -0.05) is 30.3 Å². The molecule has 1 N–H and O–H groups in total. The molecule has 1 aromatic rings. The molecular formula is C12H10N2O2S. The first-order valence-electron chi connectivity index (χ1n) is 5.02. The second-order valence-corrected chi connectivity index (χ2v) is 3.95. The van der Waals surface area contributed by atoms with Crippen molar-refractivity contribution in [1.29, 1.82) is 0 Å². The molecule has 1 saturated heterocycles. The zero-order valence-electron chi connectivity index (χ0n) is 9.14. The Balaban J connectivity index is 2.31. The molecule has 4 nitrogen and oxygen atoms in total. The lowest BCUT2D eigenvalue weighted by molar-refractivity contribution is -0.135. The van der Waals surface area contributed by atoms with E-state index in [-0.39, 0.29) is 11.0 Å². The molecule has 17 heavy (non-hydrogen) atoms. The van der Waals surface area contributed by atoms with Crippen molar-refractivity contribution in [2.24, 2.45) is 0 Å². The minimum Gasteiger partial charge on any atom is -0.327 e.